The highest BCUT2D eigenvalue weighted by atomic mass is 16.8. The molecule has 1 saturated carbocycles. The van der Waals surface area contributed by atoms with Gasteiger partial charge in [0, 0.05) is 30.0 Å². The first-order valence-electron chi connectivity index (χ1n) is 11.4. The summed E-state index contributed by atoms with van der Waals surface area (Å²) in [6, 6.07) is 4.21. The number of nitrogens with zero attached hydrogens (tertiary/aromatic N) is 1. The van der Waals surface area contributed by atoms with Gasteiger partial charge in [-0.15, -0.1) is 0 Å². The van der Waals surface area contributed by atoms with Crippen molar-refractivity contribution in [3.05, 3.63) is 23.3 Å². The van der Waals surface area contributed by atoms with Gasteiger partial charge in [0.15, 0.2) is 17.6 Å². The van der Waals surface area contributed by atoms with Crippen molar-refractivity contribution >= 4 is 6.09 Å². The zero-order valence-electron chi connectivity index (χ0n) is 18.7. The van der Waals surface area contributed by atoms with Gasteiger partial charge in [0.05, 0.1) is 20.3 Å². The average molecular weight is 430 g/mol. The maximum atomic E-state index is 13.1. The molecule has 0 aromatic heterocycles. The fourth-order valence-corrected chi connectivity index (χ4v) is 6.98. The summed E-state index contributed by atoms with van der Waals surface area (Å²) in [4.78, 5) is 15.1. The minimum Gasteiger partial charge on any atom is -0.493 e. The number of methoxy groups -OCH3 is 1. The van der Waals surface area contributed by atoms with Crippen molar-refractivity contribution in [1.82, 2.24) is 4.90 Å². The second-order valence-corrected chi connectivity index (χ2v) is 10.5. The lowest BCUT2D eigenvalue weighted by Gasteiger charge is -2.60. The Balaban J connectivity index is 1.48. The smallest absolute Gasteiger partial charge is 0.410 e. The number of rotatable bonds is 1. The van der Waals surface area contributed by atoms with Crippen LogP contribution in [0, 0.1) is 5.92 Å². The molecule has 3 fully saturated rings. The molecule has 1 amide bonds. The molecule has 168 valence electrons. The van der Waals surface area contributed by atoms with Gasteiger partial charge >= 0.3 is 6.09 Å². The van der Waals surface area contributed by atoms with E-state index in [1.165, 1.54) is 11.1 Å². The Morgan fingerprint density at radius 3 is 2.68 bits per heavy atom. The summed E-state index contributed by atoms with van der Waals surface area (Å²) in [6.07, 6.45) is 2.88. The molecule has 4 atom stereocenters. The lowest BCUT2D eigenvalue weighted by molar-refractivity contribution is -0.260. The van der Waals surface area contributed by atoms with E-state index in [0.29, 0.717) is 19.8 Å². The van der Waals surface area contributed by atoms with E-state index in [9.17, 15) is 4.79 Å². The average Bonchev–Trinajstić information content (AvgIpc) is 3.31. The van der Waals surface area contributed by atoms with Crippen LogP contribution in [0.15, 0.2) is 12.1 Å². The van der Waals surface area contributed by atoms with Crippen molar-refractivity contribution < 1.29 is 28.5 Å². The lowest BCUT2D eigenvalue weighted by atomic mass is 9.50. The molecule has 2 saturated heterocycles. The topological polar surface area (TPSA) is 66.5 Å². The van der Waals surface area contributed by atoms with Gasteiger partial charge in [-0.05, 0) is 57.6 Å². The highest BCUT2D eigenvalue weighted by Crippen LogP contribution is 2.66. The number of benzene rings is 1. The van der Waals surface area contributed by atoms with Crippen LogP contribution in [-0.2, 0) is 26.0 Å². The summed E-state index contributed by atoms with van der Waals surface area (Å²) in [5.74, 6) is 1.17. The molecule has 0 N–H and O–H groups in total. The minimum atomic E-state index is -0.715. The van der Waals surface area contributed by atoms with Gasteiger partial charge in [-0.1, -0.05) is 6.07 Å². The summed E-state index contributed by atoms with van der Waals surface area (Å²) in [5.41, 5.74) is 1.76. The number of amides is 1. The standard InChI is InChI=1S/C24H31NO6/c1-22(2,3)31-21(26)25-10-9-23-15-7-8-24(28-11-12-29-24)20(23)30-19-17(27-4)6-5-14(18(19)23)13-16(15)25/h5-6,15-16,20H,7-13H2,1-4H3/t15-,16+,20+,23-/m0/s1. The number of hydrogen-bond donors (Lipinski definition) is 0. The number of fused-ring (bicyclic) bond motifs is 1. The molecule has 1 aromatic rings. The molecule has 3 heterocycles. The first-order valence-corrected chi connectivity index (χ1v) is 11.4. The van der Waals surface area contributed by atoms with Crippen LogP contribution in [0.25, 0.3) is 0 Å². The third-order valence-electron chi connectivity index (χ3n) is 7.93. The van der Waals surface area contributed by atoms with E-state index in [4.69, 9.17) is 23.7 Å². The van der Waals surface area contributed by atoms with Crippen molar-refractivity contribution in [2.24, 2.45) is 5.92 Å². The predicted octanol–water partition coefficient (Wildman–Crippen LogP) is 3.41. The summed E-state index contributed by atoms with van der Waals surface area (Å²) in [5, 5.41) is 0. The van der Waals surface area contributed by atoms with Crippen LogP contribution in [0.5, 0.6) is 11.5 Å². The van der Waals surface area contributed by atoms with Crippen LogP contribution in [0.2, 0.25) is 0 Å². The second-order valence-electron chi connectivity index (χ2n) is 10.5. The van der Waals surface area contributed by atoms with Gasteiger partial charge in [0.1, 0.15) is 5.60 Å². The zero-order valence-corrected chi connectivity index (χ0v) is 18.7. The van der Waals surface area contributed by atoms with Crippen LogP contribution in [0.1, 0.15) is 51.2 Å². The molecule has 7 heteroatoms. The largest absolute Gasteiger partial charge is 0.493 e. The number of hydrogen-bond acceptors (Lipinski definition) is 6. The molecule has 1 aromatic carbocycles. The van der Waals surface area contributed by atoms with E-state index in [-0.39, 0.29) is 29.6 Å². The lowest BCUT2D eigenvalue weighted by Crippen LogP contribution is -2.71. The second kappa shape index (κ2) is 6.29. The van der Waals surface area contributed by atoms with Crippen LogP contribution < -0.4 is 9.47 Å². The SMILES string of the molecule is COc1ccc2c3c1O[C@H]1C4(CC[C@H]5[C@@H](C2)N(C(=O)OC(C)(C)C)CC[C@@]351)OCCO4. The Labute approximate surface area is 182 Å². The maximum Gasteiger partial charge on any atom is 0.410 e. The predicted molar refractivity (Wildman–Crippen MR) is 111 cm³/mol. The van der Waals surface area contributed by atoms with Crippen LogP contribution >= 0.6 is 0 Å². The van der Waals surface area contributed by atoms with Crippen molar-refractivity contribution in [3.63, 3.8) is 0 Å². The molecule has 0 radical (unpaired) electrons. The molecular formula is C24H31NO6. The molecule has 2 spiro atoms. The Kier molecular flexibility index (Phi) is 3.99. The van der Waals surface area contributed by atoms with Crippen molar-refractivity contribution in [2.45, 2.75) is 75.4 Å². The number of likely N-dealkylation sites (tertiary alicyclic amines) is 1. The van der Waals surface area contributed by atoms with E-state index in [1.54, 1.807) is 7.11 Å². The number of carbonyl (C=O) groups is 1. The van der Waals surface area contributed by atoms with Crippen molar-refractivity contribution in [3.8, 4) is 11.5 Å². The van der Waals surface area contributed by atoms with Gasteiger partial charge in [-0.2, -0.15) is 0 Å². The Morgan fingerprint density at radius 1 is 1.19 bits per heavy atom. The number of ether oxygens (including phenoxy) is 5. The van der Waals surface area contributed by atoms with Crippen LogP contribution in [-0.4, -0.2) is 61.4 Å². The third-order valence-corrected chi connectivity index (χ3v) is 7.93. The van der Waals surface area contributed by atoms with Crippen molar-refractivity contribution in [2.75, 3.05) is 26.9 Å². The summed E-state index contributed by atoms with van der Waals surface area (Å²) in [6.45, 7) is 7.59. The fraction of sp³-hybridized carbons (Fsp3) is 0.708. The summed E-state index contributed by atoms with van der Waals surface area (Å²) < 4.78 is 30.7. The quantitative estimate of drug-likeness (QED) is 0.682. The molecule has 0 unspecified atom stereocenters. The van der Waals surface area contributed by atoms with Crippen LogP contribution in [0.4, 0.5) is 4.79 Å². The molecule has 3 aliphatic heterocycles. The van der Waals surface area contributed by atoms with Gasteiger partial charge in [-0.3, -0.25) is 0 Å². The summed E-state index contributed by atoms with van der Waals surface area (Å²) in [7, 11) is 1.69. The molecule has 7 nitrogen and oxygen atoms in total. The number of carbonyl (C=O) groups excluding carboxylic acids is 1. The molecular weight excluding hydrogens is 398 g/mol. The number of piperidine rings is 1. The van der Waals surface area contributed by atoms with E-state index < -0.39 is 11.4 Å². The van der Waals surface area contributed by atoms with E-state index in [0.717, 1.165) is 37.2 Å². The van der Waals surface area contributed by atoms with Crippen molar-refractivity contribution in [1.29, 1.82) is 0 Å². The van der Waals surface area contributed by atoms with Gasteiger partial charge in [0.2, 0.25) is 5.79 Å². The highest BCUT2D eigenvalue weighted by Gasteiger charge is 2.72. The van der Waals surface area contributed by atoms with Gasteiger partial charge in [0.25, 0.3) is 0 Å². The molecule has 2 bridgehead atoms. The Bertz CT molecular complexity index is 933. The Hall–Kier alpha value is -1.99. The minimum absolute atomic E-state index is 0.0836. The first-order chi connectivity index (χ1) is 14.8. The monoisotopic (exact) mass is 429 g/mol. The molecule has 6 rings (SSSR count). The normalized spacial score (nSPS) is 34.3. The summed E-state index contributed by atoms with van der Waals surface area (Å²) >= 11 is 0. The van der Waals surface area contributed by atoms with Gasteiger partial charge < -0.3 is 28.6 Å². The maximum absolute atomic E-state index is 13.1. The zero-order chi connectivity index (χ0) is 21.6. The van der Waals surface area contributed by atoms with E-state index in [1.807, 2.05) is 31.7 Å². The van der Waals surface area contributed by atoms with E-state index in [2.05, 4.69) is 6.07 Å². The highest BCUT2D eigenvalue weighted by molar-refractivity contribution is 5.70. The van der Waals surface area contributed by atoms with Crippen LogP contribution in [0.3, 0.4) is 0 Å². The third kappa shape index (κ3) is 2.50. The first kappa shape index (κ1) is 19.7. The molecule has 31 heavy (non-hydrogen) atoms. The molecule has 5 aliphatic rings. The fourth-order valence-electron chi connectivity index (χ4n) is 6.98. The van der Waals surface area contributed by atoms with E-state index >= 15 is 0 Å². The Morgan fingerprint density at radius 2 is 1.97 bits per heavy atom. The van der Waals surface area contributed by atoms with Gasteiger partial charge in [-0.25, -0.2) is 4.79 Å². The molecule has 2 aliphatic carbocycles.